The van der Waals surface area contributed by atoms with Gasteiger partial charge in [0.25, 0.3) is 0 Å². The van der Waals surface area contributed by atoms with E-state index in [0.29, 0.717) is 101 Å². The molecular weight excluding hydrogens is 1550 g/mol. The third-order valence-corrected chi connectivity index (χ3v) is 18.4. The van der Waals surface area contributed by atoms with E-state index in [4.69, 9.17) is 15.7 Å². The summed E-state index contributed by atoms with van der Waals surface area (Å²) in [5.41, 5.74) is 15.0. The number of nitrogens with zero attached hydrogens (tertiary/aromatic N) is 13. The predicted octanol–water partition coefficient (Wildman–Crippen LogP) is 18.1. The van der Waals surface area contributed by atoms with Gasteiger partial charge in [-0.2, -0.15) is 18.4 Å². The molecule has 25 nitrogen and oxygen atoms in total. The summed E-state index contributed by atoms with van der Waals surface area (Å²) in [7, 11) is 1.32. The van der Waals surface area contributed by atoms with Gasteiger partial charge in [0.2, 0.25) is 5.91 Å². The Morgan fingerprint density at radius 3 is 0.752 bits per heavy atom. The van der Waals surface area contributed by atoms with Gasteiger partial charge in [0.15, 0.2) is 69.9 Å². The Balaban J connectivity index is 0.000000139. The SMILES string of the molecule is COC(=O)c1ccc(-c2nc(-c3ccccc3O)nc(-c3ccc(C)cc3O)n2)cc1.Cc1ccc(-c2nc(-c3ccc(C#N)cc3)nc(-c3ccccc3O)n2)c(O)c1.Cc1ccc(-c2nc(-c3ccc(C(F)(F)F)cc3)nc(-c3ccccc3O)n2)c(O)c1.Cc1ccc(-c2nc(-c3ccc(C(N)=O)cc3)nc(-c3ccccc3O)n2)c(O)c1. The number of para-hydroxylation sites is 4. The van der Waals surface area contributed by atoms with Crippen molar-refractivity contribution in [1.29, 1.82) is 5.26 Å². The Morgan fingerprint density at radius 1 is 0.306 bits per heavy atom. The number of carbonyl (C=O) groups excluding carboxylic acids is 2. The molecule has 12 aromatic carbocycles. The van der Waals surface area contributed by atoms with Gasteiger partial charge in [-0.3, -0.25) is 4.79 Å². The second-order valence-electron chi connectivity index (χ2n) is 27.2. The first-order valence-electron chi connectivity index (χ1n) is 36.8. The summed E-state index contributed by atoms with van der Waals surface area (Å²) in [5.74, 6) is 2.16. The highest BCUT2D eigenvalue weighted by molar-refractivity contribution is 5.93. The lowest BCUT2D eigenvalue weighted by Crippen LogP contribution is -2.10. The number of nitriles is 1. The highest BCUT2D eigenvalue weighted by atomic mass is 19.4. The number of phenols is 8. The maximum absolute atomic E-state index is 12.9. The van der Waals surface area contributed by atoms with Gasteiger partial charge in [-0.25, -0.2) is 64.6 Å². The number of halogens is 3. The van der Waals surface area contributed by atoms with Crippen LogP contribution in [-0.4, -0.2) is 120 Å². The summed E-state index contributed by atoms with van der Waals surface area (Å²) >= 11 is 0. The van der Waals surface area contributed by atoms with E-state index in [-0.39, 0.29) is 98.4 Å². The van der Waals surface area contributed by atoms with Crippen molar-refractivity contribution < 1.29 is 68.3 Å². The Hall–Kier alpha value is -16.7. The number of carbonyl (C=O) groups is 2. The normalized spacial score (nSPS) is 10.8. The van der Waals surface area contributed by atoms with Crippen molar-refractivity contribution in [3.63, 3.8) is 0 Å². The van der Waals surface area contributed by atoms with E-state index in [2.05, 4.69) is 65.9 Å². The minimum Gasteiger partial charge on any atom is -0.507 e. The molecule has 0 atom stereocenters. The van der Waals surface area contributed by atoms with Crippen LogP contribution in [0.3, 0.4) is 0 Å². The fraction of sp³-hybridized carbons (Fsp3) is 0.0645. The minimum atomic E-state index is -4.46. The summed E-state index contributed by atoms with van der Waals surface area (Å²) in [6.45, 7) is 7.44. The number of esters is 1. The summed E-state index contributed by atoms with van der Waals surface area (Å²) in [4.78, 5) is 76.8. The quantitative estimate of drug-likeness (QED) is 0.0457. The number of amides is 1. The number of phenolic OH excluding ortho intramolecular Hbond substituents is 8. The Labute approximate surface area is 688 Å². The highest BCUT2D eigenvalue weighted by Gasteiger charge is 2.31. The third-order valence-electron chi connectivity index (χ3n) is 18.4. The van der Waals surface area contributed by atoms with Crippen LogP contribution < -0.4 is 5.73 Å². The molecule has 0 saturated heterocycles. The predicted molar refractivity (Wildman–Crippen MR) is 446 cm³/mol. The number of primary amides is 1. The van der Waals surface area contributed by atoms with E-state index in [1.165, 1.54) is 25.3 Å². The molecule has 0 bridgehead atoms. The Morgan fingerprint density at radius 2 is 0.529 bits per heavy atom. The third kappa shape index (κ3) is 19.5. The van der Waals surface area contributed by atoms with Gasteiger partial charge in [0, 0.05) is 27.8 Å². The lowest BCUT2D eigenvalue weighted by molar-refractivity contribution is -0.137. The summed E-state index contributed by atoms with van der Waals surface area (Å²) < 4.78 is 43.5. The zero-order chi connectivity index (χ0) is 85.8. The van der Waals surface area contributed by atoms with Gasteiger partial charge in [-0.1, -0.05) is 109 Å². The zero-order valence-electron chi connectivity index (χ0n) is 64.7. The number of aromatic hydroxyl groups is 8. The van der Waals surface area contributed by atoms with Gasteiger partial charge >= 0.3 is 12.1 Å². The van der Waals surface area contributed by atoms with Crippen LogP contribution >= 0.6 is 0 Å². The lowest BCUT2D eigenvalue weighted by atomic mass is 10.1. The van der Waals surface area contributed by atoms with Crippen molar-refractivity contribution in [2.45, 2.75) is 33.9 Å². The molecule has 28 heteroatoms. The van der Waals surface area contributed by atoms with Crippen molar-refractivity contribution in [1.82, 2.24) is 59.8 Å². The van der Waals surface area contributed by atoms with Crippen LogP contribution in [0.1, 0.15) is 54.1 Å². The summed E-state index contributed by atoms with van der Waals surface area (Å²) in [5, 5.41) is 91.7. The molecule has 121 heavy (non-hydrogen) atoms. The Kier molecular flexibility index (Phi) is 24.5. The van der Waals surface area contributed by atoms with E-state index in [0.717, 1.165) is 34.4 Å². The largest absolute Gasteiger partial charge is 0.507 e. The molecule has 0 unspecified atom stereocenters. The standard InChI is InChI=1S/C24H19N3O4.C23H16F3N3O2.C23H18N4O3.C23H16N4O2/c1-14-7-12-18(20(29)13-14)23-26-21(15-8-10-16(11-9-15)24(30)31-2)25-22(27-23)17-5-3-4-6-19(17)28;1-13-6-11-17(19(31)12-13)22-28-20(14-7-9-15(10-8-14)23(24,25)26)27-21(29-22)16-4-2-3-5-18(16)30;1-13-6-11-17(19(29)12-13)23-26-21(15-9-7-14(8-10-15)20(24)30)25-22(27-23)16-4-2-3-5-18(16)28;1-14-6-11-18(20(29)12-14)23-26-21(16-9-7-15(13-24)8-10-16)25-22(27-23)17-4-2-3-5-19(17)28/h3-13,28-29H,1-2H3;2-12,30-31H,1H3;2-12,28-29H,1H3,(H2,24,30);2-12,28-29H,1H3. The lowest BCUT2D eigenvalue weighted by Gasteiger charge is -2.11. The molecule has 10 N–H and O–H groups in total. The molecule has 0 fully saturated rings. The number of rotatable bonds is 14. The number of ether oxygens (including phenoxy) is 1. The van der Waals surface area contributed by atoms with Crippen LogP contribution in [0.2, 0.25) is 0 Å². The van der Waals surface area contributed by atoms with Crippen LogP contribution in [0.15, 0.2) is 267 Å². The van der Waals surface area contributed by atoms with Crippen LogP contribution in [0.25, 0.3) is 137 Å². The smallest absolute Gasteiger partial charge is 0.416 e. The molecule has 4 heterocycles. The molecule has 0 aliphatic rings. The van der Waals surface area contributed by atoms with E-state index in [1.807, 2.05) is 45.9 Å². The highest BCUT2D eigenvalue weighted by Crippen LogP contribution is 2.40. The first kappa shape index (κ1) is 82.3. The number of aryl methyl sites for hydroxylation is 4. The van der Waals surface area contributed by atoms with Crippen molar-refractivity contribution in [3.8, 4) is 189 Å². The van der Waals surface area contributed by atoms with E-state index in [1.54, 1.807) is 218 Å². The van der Waals surface area contributed by atoms with Crippen molar-refractivity contribution in [3.05, 3.63) is 311 Å². The van der Waals surface area contributed by atoms with Crippen molar-refractivity contribution in [2.24, 2.45) is 5.73 Å². The van der Waals surface area contributed by atoms with Crippen LogP contribution in [0.4, 0.5) is 13.2 Å². The number of benzene rings is 12. The zero-order valence-corrected chi connectivity index (χ0v) is 64.7. The van der Waals surface area contributed by atoms with Gasteiger partial charge in [-0.05, 0) is 208 Å². The van der Waals surface area contributed by atoms with E-state index in [9.17, 15) is 63.6 Å². The molecule has 0 saturated carbocycles. The number of methoxy groups -OCH3 is 1. The molecule has 0 spiro atoms. The van der Waals surface area contributed by atoms with E-state index >= 15 is 0 Å². The Bertz CT molecular complexity index is 6620. The topological polar surface area (TPSA) is 410 Å². The fourth-order valence-electron chi connectivity index (χ4n) is 12.1. The maximum atomic E-state index is 12.9. The molecule has 4 aromatic heterocycles. The molecule has 1 amide bonds. The molecule has 598 valence electrons. The molecule has 0 aliphatic carbocycles. The first-order valence-corrected chi connectivity index (χ1v) is 36.8. The first-order chi connectivity index (χ1) is 58.1. The second-order valence-corrected chi connectivity index (χ2v) is 27.2. The molecule has 16 aromatic rings. The van der Waals surface area contributed by atoms with Crippen LogP contribution in [0, 0.1) is 39.0 Å². The minimum absolute atomic E-state index is 0.0257. The van der Waals surface area contributed by atoms with Gasteiger partial charge in [0.05, 0.1) is 74.4 Å². The maximum Gasteiger partial charge on any atom is 0.416 e. The summed E-state index contributed by atoms with van der Waals surface area (Å²) in [6.07, 6.45) is -4.46. The molecular formula is C93H69F3N14O11. The number of aromatic nitrogens is 12. The number of hydrogen-bond donors (Lipinski definition) is 9. The number of nitrogens with two attached hydrogens (primary N) is 1. The molecule has 0 aliphatic heterocycles. The molecule has 0 radical (unpaired) electrons. The van der Waals surface area contributed by atoms with Crippen molar-refractivity contribution >= 4 is 11.9 Å². The van der Waals surface area contributed by atoms with Gasteiger partial charge in [0.1, 0.15) is 46.0 Å². The molecule has 16 rings (SSSR count). The monoisotopic (exact) mass is 1610 g/mol. The van der Waals surface area contributed by atoms with Gasteiger partial charge in [-0.15, -0.1) is 0 Å². The average molecular weight is 1620 g/mol. The van der Waals surface area contributed by atoms with Crippen LogP contribution in [0.5, 0.6) is 46.0 Å². The van der Waals surface area contributed by atoms with Crippen LogP contribution in [-0.2, 0) is 10.9 Å². The average Bonchev–Trinajstić information content (AvgIpc) is 0.816. The summed E-state index contributed by atoms with van der Waals surface area (Å²) in [6, 6.07) is 73.8. The second kappa shape index (κ2) is 36.0. The number of alkyl halides is 3. The van der Waals surface area contributed by atoms with E-state index < -0.39 is 23.6 Å². The number of hydrogen-bond acceptors (Lipinski definition) is 24. The van der Waals surface area contributed by atoms with Gasteiger partial charge < -0.3 is 51.3 Å². The fourth-order valence-corrected chi connectivity index (χ4v) is 12.1. The van der Waals surface area contributed by atoms with Crippen molar-refractivity contribution in [2.75, 3.05) is 7.11 Å².